The number of hydrogen-bond donors (Lipinski definition) is 1. The van der Waals surface area contributed by atoms with Crippen molar-refractivity contribution >= 4 is 11.7 Å². The summed E-state index contributed by atoms with van der Waals surface area (Å²) in [5, 5.41) is 3.15. The Balaban J connectivity index is 1.46. The minimum Gasteiger partial charge on any atom is -0.497 e. The summed E-state index contributed by atoms with van der Waals surface area (Å²) in [6.07, 6.45) is 3.48. The number of piperidine rings is 1. The molecule has 2 aliphatic heterocycles. The molecule has 1 aromatic carbocycles. The summed E-state index contributed by atoms with van der Waals surface area (Å²) in [5.74, 6) is 2.03. The van der Waals surface area contributed by atoms with Crippen molar-refractivity contribution in [1.82, 2.24) is 10.2 Å². The Bertz CT molecular complexity index is 563. The van der Waals surface area contributed by atoms with E-state index >= 15 is 0 Å². The summed E-state index contributed by atoms with van der Waals surface area (Å²) >= 11 is 0. The van der Waals surface area contributed by atoms with Gasteiger partial charge in [-0.15, -0.1) is 0 Å². The van der Waals surface area contributed by atoms with Crippen LogP contribution in [0, 0.1) is 11.8 Å². The molecular weight excluding hydrogens is 302 g/mol. The topological polar surface area (TPSA) is 44.8 Å². The summed E-state index contributed by atoms with van der Waals surface area (Å²) in [6.45, 7) is 6.81. The third kappa shape index (κ3) is 4.13. The average molecular weight is 331 g/mol. The SMILES string of the molecule is COc1cccc(N2CC[C@H](CNC(=O)N3CCC[C@H](C)C3)C2)c1. The molecule has 24 heavy (non-hydrogen) atoms. The van der Waals surface area contributed by atoms with Crippen molar-refractivity contribution in [3.63, 3.8) is 0 Å². The van der Waals surface area contributed by atoms with Crippen LogP contribution < -0.4 is 15.0 Å². The van der Waals surface area contributed by atoms with Crippen molar-refractivity contribution < 1.29 is 9.53 Å². The number of carbonyl (C=O) groups is 1. The molecule has 5 nitrogen and oxygen atoms in total. The molecule has 2 atom stereocenters. The number of carbonyl (C=O) groups excluding carboxylic acids is 1. The lowest BCUT2D eigenvalue weighted by atomic mass is 10.0. The highest BCUT2D eigenvalue weighted by atomic mass is 16.5. The van der Waals surface area contributed by atoms with E-state index in [4.69, 9.17) is 4.74 Å². The van der Waals surface area contributed by atoms with Crippen LogP contribution in [-0.4, -0.2) is 50.8 Å². The third-order valence-electron chi connectivity index (χ3n) is 5.19. The first-order valence-electron chi connectivity index (χ1n) is 9.07. The fraction of sp³-hybridized carbons (Fsp3) is 0.632. The van der Waals surface area contributed by atoms with Crippen molar-refractivity contribution in [3.05, 3.63) is 24.3 Å². The van der Waals surface area contributed by atoms with Gasteiger partial charge in [0, 0.05) is 44.5 Å². The summed E-state index contributed by atoms with van der Waals surface area (Å²) < 4.78 is 5.31. The largest absolute Gasteiger partial charge is 0.497 e. The maximum atomic E-state index is 12.3. The Hall–Kier alpha value is -1.91. The predicted molar refractivity (Wildman–Crippen MR) is 96.7 cm³/mol. The zero-order valence-electron chi connectivity index (χ0n) is 14.8. The first-order valence-corrected chi connectivity index (χ1v) is 9.07. The van der Waals surface area contributed by atoms with E-state index in [2.05, 4.69) is 29.3 Å². The zero-order chi connectivity index (χ0) is 16.9. The molecule has 3 rings (SSSR count). The van der Waals surface area contributed by atoms with Gasteiger partial charge in [-0.2, -0.15) is 0 Å². The molecule has 2 saturated heterocycles. The first kappa shape index (κ1) is 16.9. The van der Waals surface area contributed by atoms with E-state index in [9.17, 15) is 4.79 Å². The van der Waals surface area contributed by atoms with Gasteiger partial charge in [-0.25, -0.2) is 4.79 Å². The fourth-order valence-corrected chi connectivity index (χ4v) is 3.76. The Morgan fingerprint density at radius 3 is 2.96 bits per heavy atom. The van der Waals surface area contributed by atoms with Crippen LogP contribution in [0.3, 0.4) is 0 Å². The second-order valence-corrected chi connectivity index (χ2v) is 7.18. The lowest BCUT2D eigenvalue weighted by Gasteiger charge is -2.31. The van der Waals surface area contributed by atoms with Crippen LogP contribution in [0.5, 0.6) is 5.75 Å². The Morgan fingerprint density at radius 2 is 2.17 bits per heavy atom. The molecule has 0 aliphatic carbocycles. The molecule has 2 fully saturated rings. The van der Waals surface area contributed by atoms with Crippen molar-refractivity contribution in [2.45, 2.75) is 26.2 Å². The van der Waals surface area contributed by atoms with Gasteiger partial charge in [-0.05, 0) is 43.2 Å². The first-order chi connectivity index (χ1) is 11.7. The van der Waals surface area contributed by atoms with Crippen molar-refractivity contribution in [1.29, 1.82) is 0 Å². The van der Waals surface area contributed by atoms with Gasteiger partial charge in [0.25, 0.3) is 0 Å². The van der Waals surface area contributed by atoms with Gasteiger partial charge in [-0.1, -0.05) is 13.0 Å². The molecule has 2 amide bonds. The van der Waals surface area contributed by atoms with Crippen LogP contribution in [0.2, 0.25) is 0 Å². The van der Waals surface area contributed by atoms with Gasteiger partial charge in [0.1, 0.15) is 5.75 Å². The molecule has 0 aromatic heterocycles. The quantitative estimate of drug-likeness (QED) is 0.922. The number of methoxy groups -OCH3 is 1. The number of ether oxygens (including phenoxy) is 1. The molecular formula is C19H29N3O2. The number of hydrogen-bond acceptors (Lipinski definition) is 3. The molecule has 0 radical (unpaired) electrons. The summed E-state index contributed by atoms with van der Waals surface area (Å²) in [5.41, 5.74) is 1.20. The lowest BCUT2D eigenvalue weighted by Crippen LogP contribution is -2.46. The normalized spacial score (nSPS) is 24.1. The van der Waals surface area contributed by atoms with Crippen LogP contribution in [0.25, 0.3) is 0 Å². The van der Waals surface area contributed by atoms with Gasteiger partial charge in [-0.3, -0.25) is 0 Å². The van der Waals surface area contributed by atoms with E-state index < -0.39 is 0 Å². The van der Waals surface area contributed by atoms with E-state index in [1.165, 1.54) is 12.1 Å². The fourth-order valence-electron chi connectivity index (χ4n) is 3.76. The van der Waals surface area contributed by atoms with Gasteiger partial charge < -0.3 is 19.9 Å². The van der Waals surface area contributed by atoms with Crippen LogP contribution in [0.1, 0.15) is 26.2 Å². The van der Waals surface area contributed by atoms with E-state index in [0.717, 1.165) is 51.3 Å². The number of likely N-dealkylation sites (tertiary alicyclic amines) is 1. The Labute approximate surface area is 145 Å². The number of anilines is 1. The number of nitrogens with one attached hydrogen (secondary N) is 1. The van der Waals surface area contributed by atoms with Crippen LogP contribution in [-0.2, 0) is 0 Å². The number of benzene rings is 1. The average Bonchev–Trinajstić information content (AvgIpc) is 3.09. The predicted octanol–water partition coefficient (Wildman–Crippen LogP) is 2.96. The lowest BCUT2D eigenvalue weighted by molar-refractivity contribution is 0.168. The smallest absolute Gasteiger partial charge is 0.317 e. The van der Waals surface area contributed by atoms with Crippen molar-refractivity contribution in [3.8, 4) is 5.75 Å². The maximum Gasteiger partial charge on any atom is 0.317 e. The van der Waals surface area contributed by atoms with E-state index in [1.54, 1.807) is 7.11 Å². The third-order valence-corrected chi connectivity index (χ3v) is 5.19. The highest BCUT2D eigenvalue weighted by Gasteiger charge is 2.25. The van der Waals surface area contributed by atoms with E-state index in [-0.39, 0.29) is 6.03 Å². The van der Waals surface area contributed by atoms with Crippen LogP contribution in [0.4, 0.5) is 10.5 Å². The summed E-state index contributed by atoms with van der Waals surface area (Å²) in [6, 6.07) is 8.31. The van der Waals surface area contributed by atoms with Crippen molar-refractivity contribution in [2.75, 3.05) is 44.7 Å². The summed E-state index contributed by atoms with van der Waals surface area (Å²) in [7, 11) is 1.70. The maximum absolute atomic E-state index is 12.3. The van der Waals surface area contributed by atoms with Crippen LogP contribution >= 0.6 is 0 Å². The van der Waals surface area contributed by atoms with Crippen molar-refractivity contribution in [2.24, 2.45) is 11.8 Å². The molecule has 0 bridgehead atoms. The van der Waals surface area contributed by atoms with Gasteiger partial charge >= 0.3 is 6.03 Å². The summed E-state index contributed by atoms with van der Waals surface area (Å²) in [4.78, 5) is 16.7. The Morgan fingerprint density at radius 1 is 1.29 bits per heavy atom. The Kier molecular flexibility index (Phi) is 5.48. The van der Waals surface area contributed by atoms with E-state index in [1.807, 2.05) is 17.0 Å². The molecule has 0 saturated carbocycles. The second-order valence-electron chi connectivity index (χ2n) is 7.18. The molecule has 1 N–H and O–H groups in total. The number of rotatable bonds is 4. The molecule has 0 spiro atoms. The molecule has 2 aliphatic rings. The number of amides is 2. The van der Waals surface area contributed by atoms with Crippen LogP contribution in [0.15, 0.2) is 24.3 Å². The minimum atomic E-state index is 0.112. The molecule has 2 heterocycles. The van der Waals surface area contributed by atoms with E-state index in [0.29, 0.717) is 11.8 Å². The van der Waals surface area contributed by atoms with Gasteiger partial charge in [0.2, 0.25) is 0 Å². The molecule has 0 unspecified atom stereocenters. The number of urea groups is 1. The standard InChI is InChI=1S/C19H29N3O2/c1-15-5-4-9-22(13-15)19(23)20-12-16-8-10-21(14-16)17-6-3-7-18(11-17)24-2/h3,6-7,11,15-16H,4-5,8-10,12-14H2,1-2H3,(H,20,23)/t15-,16+/m0/s1. The second kappa shape index (κ2) is 7.77. The monoisotopic (exact) mass is 331 g/mol. The molecule has 1 aromatic rings. The van der Waals surface area contributed by atoms with Gasteiger partial charge in [0.15, 0.2) is 0 Å². The minimum absolute atomic E-state index is 0.112. The zero-order valence-corrected chi connectivity index (χ0v) is 14.8. The molecule has 132 valence electrons. The number of nitrogens with zero attached hydrogens (tertiary/aromatic N) is 2. The molecule has 5 heteroatoms. The van der Waals surface area contributed by atoms with Gasteiger partial charge in [0.05, 0.1) is 7.11 Å². The highest BCUT2D eigenvalue weighted by molar-refractivity contribution is 5.74. The highest BCUT2D eigenvalue weighted by Crippen LogP contribution is 2.26.